The molecule has 0 aliphatic carbocycles. The zero-order valence-corrected chi connectivity index (χ0v) is 22.0. The van der Waals surface area contributed by atoms with Gasteiger partial charge in [0.25, 0.3) is 11.1 Å². The van der Waals surface area contributed by atoms with E-state index in [9.17, 15) is 18.0 Å². The summed E-state index contributed by atoms with van der Waals surface area (Å²) in [7, 11) is -4.17. The smallest absolute Gasteiger partial charge is 0.339 e. The van der Waals surface area contributed by atoms with Gasteiger partial charge < -0.3 is 8.92 Å². The van der Waals surface area contributed by atoms with Gasteiger partial charge in [-0.3, -0.25) is 14.5 Å². The van der Waals surface area contributed by atoms with Crippen molar-refractivity contribution in [2.45, 2.75) is 11.8 Å². The Bertz CT molecular complexity index is 1420. The van der Waals surface area contributed by atoms with Gasteiger partial charge in [0.05, 0.1) is 21.5 Å². The van der Waals surface area contributed by atoms with E-state index in [1.807, 2.05) is 25.1 Å². The van der Waals surface area contributed by atoms with Crippen LogP contribution in [0.5, 0.6) is 11.5 Å². The summed E-state index contributed by atoms with van der Waals surface area (Å²) < 4.78 is 36.0. The van der Waals surface area contributed by atoms with E-state index in [-0.39, 0.29) is 38.7 Å². The molecule has 1 aliphatic heterocycles. The number of ether oxygens (including phenoxy) is 1. The van der Waals surface area contributed by atoms with E-state index in [0.717, 1.165) is 22.2 Å². The Morgan fingerprint density at radius 1 is 0.972 bits per heavy atom. The molecule has 0 bridgehead atoms. The van der Waals surface area contributed by atoms with Crippen LogP contribution in [0.2, 0.25) is 10.0 Å². The molecule has 2 amide bonds. The molecule has 1 fully saturated rings. The Morgan fingerprint density at radius 2 is 1.61 bits per heavy atom. The van der Waals surface area contributed by atoms with E-state index < -0.39 is 21.3 Å². The second-order valence-corrected chi connectivity index (χ2v) is 11.0. The second-order valence-electron chi connectivity index (χ2n) is 7.66. The quantitative estimate of drug-likeness (QED) is 0.238. The minimum absolute atomic E-state index is 0.0470. The Kier molecular flexibility index (Phi) is 7.94. The van der Waals surface area contributed by atoms with Crippen molar-refractivity contribution >= 4 is 62.3 Å². The summed E-state index contributed by atoms with van der Waals surface area (Å²) in [6.07, 6.45) is 1.46. The number of carbonyl (C=O) groups is 2. The highest BCUT2D eigenvalue weighted by Crippen LogP contribution is 2.38. The fraction of sp³-hybridized carbons (Fsp3) is 0.120. The Labute approximate surface area is 222 Å². The predicted molar refractivity (Wildman–Crippen MR) is 140 cm³/mol. The lowest BCUT2D eigenvalue weighted by molar-refractivity contribution is -0.123. The number of benzene rings is 3. The number of imide groups is 1. The molecule has 0 unspecified atom stereocenters. The fourth-order valence-corrected chi connectivity index (χ4v) is 5.72. The molecule has 4 rings (SSSR count). The summed E-state index contributed by atoms with van der Waals surface area (Å²) in [5.41, 5.74) is 1.29. The molecule has 0 radical (unpaired) electrons. The van der Waals surface area contributed by atoms with E-state index in [2.05, 4.69) is 0 Å². The van der Waals surface area contributed by atoms with E-state index in [0.29, 0.717) is 11.3 Å². The summed E-state index contributed by atoms with van der Waals surface area (Å²) in [4.78, 5) is 26.3. The van der Waals surface area contributed by atoms with Crippen molar-refractivity contribution < 1.29 is 26.9 Å². The fourth-order valence-electron chi connectivity index (χ4n) is 3.22. The molecule has 3 aromatic rings. The first kappa shape index (κ1) is 26.1. The minimum atomic E-state index is -4.17. The highest BCUT2D eigenvalue weighted by molar-refractivity contribution is 8.18. The van der Waals surface area contributed by atoms with Gasteiger partial charge in [-0.15, -0.1) is 0 Å². The van der Waals surface area contributed by atoms with Crippen LogP contribution in [0.4, 0.5) is 4.79 Å². The average Bonchev–Trinajstić information content (AvgIpc) is 3.10. The zero-order chi connectivity index (χ0) is 25.9. The van der Waals surface area contributed by atoms with Gasteiger partial charge in [-0.2, -0.15) is 8.42 Å². The van der Waals surface area contributed by atoms with Crippen molar-refractivity contribution in [2.75, 3.05) is 13.2 Å². The SMILES string of the molecule is Cc1ccc(S(=O)(=O)Oc2c(Cl)cc(/C=C3\SC(=O)N(CCOc4ccccc4)C3=O)cc2Cl)cc1. The first-order valence-corrected chi connectivity index (χ1v) is 13.6. The third-order valence-corrected chi connectivity index (χ3v) is 7.73. The Hall–Kier alpha value is -2.98. The zero-order valence-electron chi connectivity index (χ0n) is 18.8. The highest BCUT2D eigenvalue weighted by atomic mass is 35.5. The van der Waals surface area contributed by atoms with Gasteiger partial charge in [0.15, 0.2) is 5.75 Å². The summed E-state index contributed by atoms with van der Waals surface area (Å²) in [6.45, 7) is 2.06. The normalized spacial score (nSPS) is 15.0. The first-order valence-electron chi connectivity index (χ1n) is 10.6. The van der Waals surface area contributed by atoms with Gasteiger partial charge in [0, 0.05) is 0 Å². The molecule has 1 aliphatic rings. The number of thioether (sulfide) groups is 1. The van der Waals surface area contributed by atoms with Gasteiger partial charge in [0.2, 0.25) is 0 Å². The molecule has 3 aromatic carbocycles. The number of para-hydroxylation sites is 1. The molecule has 0 spiro atoms. The molecule has 0 N–H and O–H groups in total. The van der Waals surface area contributed by atoms with Crippen molar-refractivity contribution in [1.29, 1.82) is 0 Å². The van der Waals surface area contributed by atoms with Gasteiger partial charge in [0.1, 0.15) is 17.3 Å². The lowest BCUT2D eigenvalue weighted by Crippen LogP contribution is -2.32. The first-order chi connectivity index (χ1) is 17.1. The lowest BCUT2D eigenvalue weighted by Gasteiger charge is -2.13. The van der Waals surface area contributed by atoms with E-state index in [1.54, 1.807) is 24.3 Å². The number of carbonyl (C=O) groups excluding carboxylic acids is 2. The number of rotatable bonds is 8. The van der Waals surface area contributed by atoms with E-state index >= 15 is 0 Å². The Morgan fingerprint density at radius 3 is 2.25 bits per heavy atom. The molecular weight excluding hydrogens is 545 g/mol. The molecule has 0 saturated carbocycles. The molecular formula is C25H19Cl2NO6S2. The van der Waals surface area contributed by atoms with Crippen LogP contribution in [0.3, 0.4) is 0 Å². The number of nitrogens with zero attached hydrogens (tertiary/aromatic N) is 1. The molecule has 1 saturated heterocycles. The van der Waals surface area contributed by atoms with Crippen LogP contribution in [0.25, 0.3) is 6.08 Å². The summed E-state index contributed by atoms with van der Waals surface area (Å²) >= 11 is 13.3. The summed E-state index contributed by atoms with van der Waals surface area (Å²) in [5, 5.41) is -0.566. The number of hydrogen-bond donors (Lipinski definition) is 0. The van der Waals surface area contributed by atoms with Crippen LogP contribution < -0.4 is 8.92 Å². The number of hydrogen-bond acceptors (Lipinski definition) is 7. The average molecular weight is 564 g/mol. The molecule has 186 valence electrons. The largest absolute Gasteiger partial charge is 0.492 e. The number of amides is 2. The summed E-state index contributed by atoms with van der Waals surface area (Å²) in [5.74, 6) is -0.0746. The van der Waals surface area contributed by atoms with Crippen molar-refractivity contribution in [3.8, 4) is 11.5 Å². The van der Waals surface area contributed by atoms with E-state index in [4.69, 9.17) is 32.1 Å². The van der Waals surface area contributed by atoms with Gasteiger partial charge in [-0.05, 0) is 66.7 Å². The minimum Gasteiger partial charge on any atom is -0.492 e. The number of aryl methyl sites for hydroxylation is 1. The monoisotopic (exact) mass is 563 g/mol. The van der Waals surface area contributed by atoms with Gasteiger partial charge in [-0.1, -0.05) is 59.1 Å². The van der Waals surface area contributed by atoms with Crippen molar-refractivity contribution in [3.05, 3.63) is 92.8 Å². The molecule has 11 heteroatoms. The maximum absolute atomic E-state index is 12.8. The maximum atomic E-state index is 12.8. The molecule has 0 atom stereocenters. The second kappa shape index (κ2) is 11.0. The van der Waals surface area contributed by atoms with Crippen molar-refractivity contribution in [1.82, 2.24) is 4.90 Å². The predicted octanol–water partition coefficient (Wildman–Crippen LogP) is 6.18. The van der Waals surface area contributed by atoms with Crippen LogP contribution >= 0.6 is 35.0 Å². The van der Waals surface area contributed by atoms with Crippen LogP contribution in [-0.4, -0.2) is 37.6 Å². The van der Waals surface area contributed by atoms with E-state index in [1.165, 1.54) is 30.3 Å². The topological polar surface area (TPSA) is 90.0 Å². The highest BCUT2D eigenvalue weighted by Gasteiger charge is 2.35. The van der Waals surface area contributed by atoms with Crippen LogP contribution in [0.1, 0.15) is 11.1 Å². The summed E-state index contributed by atoms with van der Waals surface area (Å²) in [6, 6.07) is 18.0. The molecule has 36 heavy (non-hydrogen) atoms. The van der Waals surface area contributed by atoms with Crippen LogP contribution in [0.15, 0.2) is 76.5 Å². The Balaban J connectivity index is 1.47. The molecule has 0 aromatic heterocycles. The standard InChI is InChI=1S/C25H19Cl2NO6S2/c1-16-7-9-19(10-8-16)36(31,32)34-23-20(26)13-17(14-21(23)27)15-22-24(29)28(25(30)35-22)11-12-33-18-5-3-2-4-6-18/h2-10,13-15H,11-12H2,1H3/b22-15-. The number of halogens is 2. The molecule has 7 nitrogen and oxygen atoms in total. The van der Waals surface area contributed by atoms with Gasteiger partial charge in [-0.25, -0.2) is 0 Å². The van der Waals surface area contributed by atoms with Crippen molar-refractivity contribution in [2.24, 2.45) is 0 Å². The third-order valence-electron chi connectivity index (χ3n) is 5.02. The van der Waals surface area contributed by atoms with Crippen molar-refractivity contribution in [3.63, 3.8) is 0 Å². The van der Waals surface area contributed by atoms with Crippen LogP contribution in [-0.2, 0) is 14.9 Å². The van der Waals surface area contributed by atoms with Gasteiger partial charge >= 0.3 is 10.1 Å². The van der Waals surface area contributed by atoms with Crippen LogP contribution in [0, 0.1) is 6.92 Å². The molecule has 1 heterocycles. The maximum Gasteiger partial charge on any atom is 0.339 e. The third kappa shape index (κ3) is 6.04. The lowest BCUT2D eigenvalue weighted by atomic mass is 10.2.